The van der Waals surface area contributed by atoms with Gasteiger partial charge < -0.3 is 10.2 Å². The highest BCUT2D eigenvalue weighted by Gasteiger charge is 2.19. The van der Waals surface area contributed by atoms with Crippen molar-refractivity contribution in [2.75, 3.05) is 25.0 Å². The summed E-state index contributed by atoms with van der Waals surface area (Å²) in [6.07, 6.45) is 6.99. The van der Waals surface area contributed by atoms with Crippen molar-refractivity contribution in [2.24, 2.45) is 5.14 Å². The van der Waals surface area contributed by atoms with E-state index in [0.29, 0.717) is 24.5 Å². The number of carbonyl (C=O) groups is 1. The number of nitrogens with one attached hydrogen (secondary N) is 1. The Morgan fingerprint density at radius 1 is 1.07 bits per heavy atom. The molecule has 1 aromatic heterocycles. The molecule has 0 spiro atoms. The molecule has 1 aliphatic heterocycles. The van der Waals surface area contributed by atoms with Crippen molar-refractivity contribution >= 4 is 21.7 Å². The summed E-state index contributed by atoms with van der Waals surface area (Å²) in [5.41, 5.74) is 1.33. The van der Waals surface area contributed by atoms with E-state index in [0.717, 1.165) is 31.5 Å². The number of hydrogen-bond donors (Lipinski definition) is 2. The summed E-state index contributed by atoms with van der Waals surface area (Å²) in [7, 11) is -3.67. The number of rotatable bonds is 6. The van der Waals surface area contributed by atoms with E-state index in [1.807, 2.05) is 4.90 Å². The molecule has 0 unspecified atom stereocenters. The van der Waals surface area contributed by atoms with Crippen molar-refractivity contribution in [1.29, 1.82) is 0 Å². The Balaban J connectivity index is 1.50. The molecular formula is C18H23N5O3S. The van der Waals surface area contributed by atoms with Gasteiger partial charge in [0.15, 0.2) is 0 Å². The van der Waals surface area contributed by atoms with Gasteiger partial charge in [-0.1, -0.05) is 12.1 Å². The number of sulfonamides is 1. The second kappa shape index (κ2) is 8.45. The van der Waals surface area contributed by atoms with Crippen LogP contribution in [0.5, 0.6) is 0 Å². The third-order valence-electron chi connectivity index (χ3n) is 4.49. The minimum absolute atomic E-state index is 0.0660. The number of anilines is 1. The van der Waals surface area contributed by atoms with Crippen LogP contribution < -0.4 is 10.5 Å². The van der Waals surface area contributed by atoms with Gasteiger partial charge in [0.05, 0.1) is 17.3 Å². The van der Waals surface area contributed by atoms with Crippen LogP contribution >= 0.6 is 0 Å². The number of piperidine rings is 1. The number of nitrogens with zero attached hydrogens (tertiary/aromatic N) is 3. The maximum atomic E-state index is 12.4. The molecule has 1 aliphatic rings. The highest BCUT2D eigenvalue weighted by molar-refractivity contribution is 7.89. The first-order chi connectivity index (χ1) is 12.9. The van der Waals surface area contributed by atoms with Gasteiger partial charge in [0.25, 0.3) is 5.91 Å². The Kier molecular flexibility index (Phi) is 6.02. The van der Waals surface area contributed by atoms with Crippen LogP contribution in [0.3, 0.4) is 0 Å². The zero-order valence-electron chi connectivity index (χ0n) is 15.0. The summed E-state index contributed by atoms with van der Waals surface area (Å²) in [4.78, 5) is 22.8. The van der Waals surface area contributed by atoms with Gasteiger partial charge >= 0.3 is 0 Å². The molecule has 8 nitrogen and oxygen atoms in total. The van der Waals surface area contributed by atoms with E-state index in [4.69, 9.17) is 5.14 Å². The van der Waals surface area contributed by atoms with Crippen LogP contribution in [0.1, 0.15) is 35.3 Å². The monoisotopic (exact) mass is 389 g/mol. The smallest absolute Gasteiger partial charge is 0.274 e. The second-order valence-electron chi connectivity index (χ2n) is 6.51. The number of likely N-dealkylation sites (tertiary alicyclic amines) is 1. The quantitative estimate of drug-likeness (QED) is 0.771. The molecule has 1 fully saturated rings. The molecule has 144 valence electrons. The normalized spacial score (nSPS) is 14.8. The van der Waals surface area contributed by atoms with Crippen LogP contribution in [0.15, 0.2) is 41.6 Å². The summed E-state index contributed by atoms with van der Waals surface area (Å²) < 4.78 is 22.5. The highest BCUT2D eigenvalue weighted by atomic mass is 32.2. The van der Waals surface area contributed by atoms with Gasteiger partial charge in [-0.25, -0.2) is 23.5 Å². The Hall–Kier alpha value is -2.52. The number of benzene rings is 1. The fourth-order valence-electron chi connectivity index (χ4n) is 2.97. The molecule has 2 aromatic rings. The number of nitrogens with two attached hydrogens (primary N) is 1. The average Bonchev–Trinajstić information content (AvgIpc) is 2.68. The lowest BCUT2D eigenvalue weighted by molar-refractivity contribution is 0.0718. The van der Waals surface area contributed by atoms with E-state index in [9.17, 15) is 13.2 Å². The summed E-state index contributed by atoms with van der Waals surface area (Å²) in [6, 6.07) is 6.44. The summed E-state index contributed by atoms with van der Waals surface area (Å²) >= 11 is 0. The second-order valence-corrected chi connectivity index (χ2v) is 8.07. The van der Waals surface area contributed by atoms with Crippen LogP contribution in [0, 0.1) is 0 Å². The van der Waals surface area contributed by atoms with E-state index in [1.54, 1.807) is 18.3 Å². The van der Waals surface area contributed by atoms with Crippen LogP contribution in [-0.4, -0.2) is 48.8 Å². The molecule has 0 atom stereocenters. The molecule has 1 amide bonds. The molecule has 0 bridgehead atoms. The molecule has 2 heterocycles. The Morgan fingerprint density at radius 3 is 2.37 bits per heavy atom. The lowest BCUT2D eigenvalue weighted by Gasteiger charge is -2.26. The molecule has 0 radical (unpaired) electrons. The number of aromatic nitrogens is 2. The lowest BCUT2D eigenvalue weighted by atomic mass is 10.1. The molecule has 3 rings (SSSR count). The summed E-state index contributed by atoms with van der Waals surface area (Å²) in [5, 5.41) is 8.22. The summed E-state index contributed by atoms with van der Waals surface area (Å²) in [6.45, 7) is 2.17. The van der Waals surface area contributed by atoms with Crippen molar-refractivity contribution < 1.29 is 13.2 Å². The number of primary sulfonamides is 1. The minimum atomic E-state index is -3.67. The predicted molar refractivity (Wildman–Crippen MR) is 102 cm³/mol. The van der Waals surface area contributed by atoms with Crippen molar-refractivity contribution in [2.45, 2.75) is 30.6 Å². The molecule has 0 aliphatic carbocycles. The molecule has 9 heteroatoms. The van der Waals surface area contributed by atoms with Gasteiger partial charge in [-0.3, -0.25) is 4.79 Å². The van der Waals surface area contributed by atoms with Crippen molar-refractivity contribution in [3.05, 3.63) is 47.9 Å². The van der Waals surface area contributed by atoms with E-state index in [1.165, 1.54) is 24.8 Å². The SMILES string of the molecule is NS(=O)(=O)c1ccc(CCNc2cnc(C(=O)N3CCCCC3)cn2)cc1. The topological polar surface area (TPSA) is 118 Å². The first kappa shape index (κ1) is 19.2. The number of amides is 1. The van der Waals surface area contributed by atoms with Crippen LogP contribution in [0.2, 0.25) is 0 Å². The Morgan fingerprint density at radius 2 is 1.78 bits per heavy atom. The zero-order valence-corrected chi connectivity index (χ0v) is 15.8. The lowest BCUT2D eigenvalue weighted by Crippen LogP contribution is -2.36. The Labute approximate surface area is 158 Å². The van der Waals surface area contributed by atoms with Gasteiger partial charge in [0, 0.05) is 19.6 Å². The van der Waals surface area contributed by atoms with Gasteiger partial charge in [0.2, 0.25) is 10.0 Å². The predicted octanol–water partition coefficient (Wildman–Crippen LogP) is 1.40. The third kappa shape index (κ3) is 5.24. The average molecular weight is 389 g/mol. The Bertz CT molecular complexity index is 876. The first-order valence-electron chi connectivity index (χ1n) is 8.90. The van der Waals surface area contributed by atoms with Crippen molar-refractivity contribution in [3.63, 3.8) is 0 Å². The molecule has 3 N–H and O–H groups in total. The first-order valence-corrected chi connectivity index (χ1v) is 10.4. The number of carbonyl (C=O) groups excluding carboxylic acids is 1. The highest BCUT2D eigenvalue weighted by Crippen LogP contribution is 2.13. The van der Waals surface area contributed by atoms with E-state index < -0.39 is 10.0 Å². The molecule has 0 saturated carbocycles. The number of hydrogen-bond acceptors (Lipinski definition) is 6. The largest absolute Gasteiger partial charge is 0.368 e. The van der Waals surface area contributed by atoms with Gasteiger partial charge in [0.1, 0.15) is 11.5 Å². The molecular weight excluding hydrogens is 366 g/mol. The van der Waals surface area contributed by atoms with Crippen LogP contribution in [-0.2, 0) is 16.4 Å². The van der Waals surface area contributed by atoms with E-state index >= 15 is 0 Å². The molecule has 1 aromatic carbocycles. The van der Waals surface area contributed by atoms with Crippen molar-refractivity contribution in [3.8, 4) is 0 Å². The fourth-order valence-corrected chi connectivity index (χ4v) is 3.48. The fraction of sp³-hybridized carbons (Fsp3) is 0.389. The van der Waals surface area contributed by atoms with Gasteiger partial charge in [-0.15, -0.1) is 0 Å². The van der Waals surface area contributed by atoms with E-state index in [2.05, 4.69) is 15.3 Å². The third-order valence-corrected chi connectivity index (χ3v) is 5.42. The van der Waals surface area contributed by atoms with Gasteiger partial charge in [-0.05, 0) is 43.4 Å². The van der Waals surface area contributed by atoms with Crippen molar-refractivity contribution in [1.82, 2.24) is 14.9 Å². The molecule has 1 saturated heterocycles. The zero-order chi connectivity index (χ0) is 19.3. The van der Waals surface area contributed by atoms with E-state index in [-0.39, 0.29) is 10.8 Å². The minimum Gasteiger partial charge on any atom is -0.368 e. The summed E-state index contributed by atoms with van der Waals surface area (Å²) in [5.74, 6) is 0.523. The standard InChI is InChI=1S/C18H23N5O3S/c19-27(25,26)15-6-4-14(5-7-15)8-9-20-17-13-21-16(12-22-17)18(24)23-10-2-1-3-11-23/h4-7,12-13H,1-3,8-11H2,(H,20,22)(H2,19,25,26). The molecule has 27 heavy (non-hydrogen) atoms. The van der Waals surface area contributed by atoms with Crippen LogP contribution in [0.25, 0.3) is 0 Å². The van der Waals surface area contributed by atoms with Crippen LogP contribution in [0.4, 0.5) is 5.82 Å². The van der Waals surface area contributed by atoms with Gasteiger partial charge in [-0.2, -0.15) is 0 Å². The maximum absolute atomic E-state index is 12.4. The maximum Gasteiger partial charge on any atom is 0.274 e.